The van der Waals surface area contributed by atoms with Gasteiger partial charge in [0.15, 0.2) is 0 Å². The fourth-order valence-electron chi connectivity index (χ4n) is 3.51. The minimum absolute atomic E-state index is 0.0155. The SMILES string of the molecule is NC1CCN(C(=O)c2ccc(Cl)c(-c3ccc(-c4ccccc4)cc3)c2)C1. The summed E-state index contributed by atoms with van der Waals surface area (Å²) in [5, 5.41) is 0.636. The smallest absolute Gasteiger partial charge is 0.253 e. The Kier molecular flexibility index (Phi) is 4.97. The highest BCUT2D eigenvalue weighted by Crippen LogP contribution is 2.31. The van der Waals surface area contributed by atoms with E-state index in [0.29, 0.717) is 23.7 Å². The summed E-state index contributed by atoms with van der Waals surface area (Å²) in [5.74, 6) is 0.0155. The highest BCUT2D eigenvalue weighted by atomic mass is 35.5. The fraction of sp³-hybridized carbons (Fsp3) is 0.174. The number of rotatable bonds is 3. The van der Waals surface area contributed by atoms with E-state index < -0.39 is 0 Å². The average Bonchev–Trinajstić information content (AvgIpc) is 3.15. The number of amides is 1. The number of nitrogens with two attached hydrogens (primary N) is 1. The lowest BCUT2D eigenvalue weighted by atomic mass is 9.99. The predicted molar refractivity (Wildman–Crippen MR) is 111 cm³/mol. The van der Waals surface area contributed by atoms with Crippen LogP contribution in [0.25, 0.3) is 22.3 Å². The van der Waals surface area contributed by atoms with E-state index in [0.717, 1.165) is 23.1 Å². The molecular weight excluding hydrogens is 356 g/mol. The van der Waals surface area contributed by atoms with Crippen LogP contribution in [0, 0.1) is 0 Å². The summed E-state index contributed by atoms with van der Waals surface area (Å²) in [6.07, 6.45) is 0.854. The van der Waals surface area contributed by atoms with Gasteiger partial charge in [-0.2, -0.15) is 0 Å². The third-order valence-electron chi connectivity index (χ3n) is 5.03. The Bertz CT molecular complexity index is 954. The van der Waals surface area contributed by atoms with Crippen molar-refractivity contribution in [3.8, 4) is 22.3 Å². The number of nitrogens with zero attached hydrogens (tertiary/aromatic N) is 1. The molecule has 1 amide bonds. The quantitative estimate of drug-likeness (QED) is 0.710. The largest absolute Gasteiger partial charge is 0.337 e. The summed E-state index contributed by atoms with van der Waals surface area (Å²) in [7, 11) is 0. The normalized spacial score (nSPS) is 16.5. The van der Waals surface area contributed by atoms with E-state index >= 15 is 0 Å². The molecule has 1 unspecified atom stereocenters. The summed E-state index contributed by atoms with van der Waals surface area (Å²) in [6.45, 7) is 1.33. The van der Waals surface area contributed by atoms with Crippen LogP contribution in [0.5, 0.6) is 0 Å². The van der Waals surface area contributed by atoms with E-state index in [1.54, 1.807) is 12.1 Å². The zero-order valence-electron chi connectivity index (χ0n) is 14.9. The van der Waals surface area contributed by atoms with E-state index in [1.807, 2.05) is 41.3 Å². The van der Waals surface area contributed by atoms with Gasteiger partial charge in [-0.05, 0) is 41.3 Å². The Morgan fingerprint density at radius 1 is 0.926 bits per heavy atom. The number of carbonyl (C=O) groups is 1. The maximum atomic E-state index is 12.8. The number of hydrogen-bond acceptors (Lipinski definition) is 2. The number of likely N-dealkylation sites (tertiary alicyclic amines) is 1. The zero-order chi connectivity index (χ0) is 18.8. The molecule has 3 aromatic carbocycles. The predicted octanol–water partition coefficient (Wildman–Crippen LogP) is 4.85. The molecule has 0 aromatic heterocycles. The molecule has 1 atom stereocenters. The lowest BCUT2D eigenvalue weighted by Crippen LogP contribution is -2.31. The van der Waals surface area contributed by atoms with Crippen LogP contribution in [0.4, 0.5) is 0 Å². The number of benzene rings is 3. The Morgan fingerprint density at radius 2 is 1.59 bits per heavy atom. The zero-order valence-corrected chi connectivity index (χ0v) is 15.7. The first kappa shape index (κ1) is 17.8. The standard InChI is InChI=1S/C23H21ClN2O/c24-22-11-10-19(23(27)26-13-12-20(25)15-26)14-21(22)18-8-6-17(7-9-18)16-4-2-1-3-5-16/h1-11,14,20H,12-13,15,25H2. The molecular formula is C23H21ClN2O. The van der Waals surface area contributed by atoms with Crippen LogP contribution in [0.3, 0.4) is 0 Å². The molecule has 136 valence electrons. The van der Waals surface area contributed by atoms with Gasteiger partial charge in [0.05, 0.1) is 0 Å². The molecule has 0 saturated carbocycles. The van der Waals surface area contributed by atoms with Crippen molar-refractivity contribution in [1.82, 2.24) is 4.90 Å². The summed E-state index contributed by atoms with van der Waals surface area (Å²) in [6, 6.07) is 24.0. The van der Waals surface area contributed by atoms with Crippen LogP contribution in [-0.2, 0) is 0 Å². The van der Waals surface area contributed by atoms with E-state index in [2.05, 4.69) is 24.3 Å². The Balaban J connectivity index is 1.62. The molecule has 0 aliphatic carbocycles. The lowest BCUT2D eigenvalue weighted by Gasteiger charge is -2.17. The van der Waals surface area contributed by atoms with Gasteiger partial charge < -0.3 is 10.6 Å². The van der Waals surface area contributed by atoms with Gasteiger partial charge >= 0.3 is 0 Å². The van der Waals surface area contributed by atoms with Crippen LogP contribution in [0.1, 0.15) is 16.8 Å². The maximum Gasteiger partial charge on any atom is 0.253 e. The molecule has 0 radical (unpaired) electrons. The van der Waals surface area contributed by atoms with Gasteiger partial charge in [-0.3, -0.25) is 4.79 Å². The summed E-state index contributed by atoms with van der Waals surface area (Å²) in [5.41, 5.74) is 10.8. The van der Waals surface area contributed by atoms with Crippen molar-refractivity contribution >= 4 is 17.5 Å². The summed E-state index contributed by atoms with van der Waals surface area (Å²) < 4.78 is 0. The van der Waals surface area contributed by atoms with Crippen molar-refractivity contribution in [2.75, 3.05) is 13.1 Å². The van der Waals surface area contributed by atoms with Gasteiger partial charge in [-0.15, -0.1) is 0 Å². The summed E-state index contributed by atoms with van der Waals surface area (Å²) >= 11 is 6.43. The van der Waals surface area contributed by atoms with Crippen LogP contribution < -0.4 is 5.73 Å². The minimum Gasteiger partial charge on any atom is -0.337 e. The second kappa shape index (κ2) is 7.55. The molecule has 2 N–H and O–H groups in total. The Morgan fingerprint density at radius 3 is 2.26 bits per heavy atom. The van der Waals surface area contributed by atoms with Gasteiger partial charge in [-0.1, -0.05) is 66.2 Å². The number of carbonyl (C=O) groups excluding carboxylic acids is 1. The molecule has 3 nitrogen and oxygen atoms in total. The molecule has 1 heterocycles. The van der Waals surface area contributed by atoms with Crippen molar-refractivity contribution in [3.05, 3.63) is 83.4 Å². The first-order chi connectivity index (χ1) is 13.1. The molecule has 27 heavy (non-hydrogen) atoms. The van der Waals surface area contributed by atoms with Crippen LogP contribution >= 0.6 is 11.6 Å². The lowest BCUT2D eigenvalue weighted by molar-refractivity contribution is 0.0791. The van der Waals surface area contributed by atoms with E-state index in [4.69, 9.17) is 17.3 Å². The van der Waals surface area contributed by atoms with Gasteiger partial charge in [0, 0.05) is 35.3 Å². The third-order valence-corrected chi connectivity index (χ3v) is 5.36. The monoisotopic (exact) mass is 376 g/mol. The minimum atomic E-state index is 0.0155. The van der Waals surface area contributed by atoms with Crippen molar-refractivity contribution in [2.45, 2.75) is 12.5 Å². The number of halogens is 1. The topological polar surface area (TPSA) is 46.3 Å². The third kappa shape index (κ3) is 3.75. The molecule has 1 saturated heterocycles. The molecule has 4 rings (SSSR count). The average molecular weight is 377 g/mol. The molecule has 0 spiro atoms. The second-order valence-electron chi connectivity index (χ2n) is 6.94. The van der Waals surface area contributed by atoms with Crippen molar-refractivity contribution in [3.63, 3.8) is 0 Å². The maximum absolute atomic E-state index is 12.8. The number of hydrogen-bond donors (Lipinski definition) is 1. The Hall–Kier alpha value is -2.62. The molecule has 3 aromatic rings. The molecule has 4 heteroatoms. The molecule has 1 fully saturated rings. The first-order valence-electron chi connectivity index (χ1n) is 9.12. The van der Waals surface area contributed by atoms with Gasteiger partial charge in [-0.25, -0.2) is 0 Å². The molecule has 0 bridgehead atoms. The van der Waals surface area contributed by atoms with Crippen LogP contribution in [0.2, 0.25) is 5.02 Å². The van der Waals surface area contributed by atoms with E-state index in [-0.39, 0.29) is 11.9 Å². The van der Waals surface area contributed by atoms with Crippen molar-refractivity contribution in [1.29, 1.82) is 0 Å². The van der Waals surface area contributed by atoms with E-state index in [9.17, 15) is 4.79 Å². The van der Waals surface area contributed by atoms with Crippen LogP contribution in [0.15, 0.2) is 72.8 Å². The van der Waals surface area contributed by atoms with Gasteiger partial charge in [0.25, 0.3) is 5.91 Å². The first-order valence-corrected chi connectivity index (χ1v) is 9.50. The highest BCUT2D eigenvalue weighted by molar-refractivity contribution is 6.33. The van der Waals surface area contributed by atoms with Crippen LogP contribution in [-0.4, -0.2) is 29.9 Å². The fourth-order valence-corrected chi connectivity index (χ4v) is 3.73. The summed E-state index contributed by atoms with van der Waals surface area (Å²) in [4.78, 5) is 14.6. The Labute approximate surface area is 164 Å². The molecule has 1 aliphatic rings. The van der Waals surface area contributed by atoms with Crippen molar-refractivity contribution < 1.29 is 4.79 Å². The van der Waals surface area contributed by atoms with E-state index in [1.165, 1.54) is 5.56 Å². The van der Waals surface area contributed by atoms with Gasteiger partial charge in [0.1, 0.15) is 0 Å². The van der Waals surface area contributed by atoms with Gasteiger partial charge in [0.2, 0.25) is 0 Å². The molecule has 1 aliphatic heterocycles. The van der Waals surface area contributed by atoms with Crippen molar-refractivity contribution in [2.24, 2.45) is 5.73 Å². The highest BCUT2D eigenvalue weighted by Gasteiger charge is 2.25. The second-order valence-corrected chi connectivity index (χ2v) is 7.35.